The van der Waals surface area contributed by atoms with Crippen molar-refractivity contribution in [2.45, 2.75) is 25.6 Å². The Morgan fingerprint density at radius 1 is 1.37 bits per heavy atom. The molecule has 0 bridgehead atoms. The second-order valence-electron chi connectivity index (χ2n) is 4.74. The van der Waals surface area contributed by atoms with Gasteiger partial charge in [-0.05, 0) is 25.0 Å². The summed E-state index contributed by atoms with van der Waals surface area (Å²) >= 11 is 0. The third kappa shape index (κ3) is 2.89. The second kappa shape index (κ2) is 4.85. The van der Waals surface area contributed by atoms with E-state index in [1.165, 1.54) is 18.2 Å². The average Bonchev–Trinajstić information content (AvgIpc) is 2.26. The molecule has 0 atom stereocenters. The van der Waals surface area contributed by atoms with Crippen LogP contribution in [0, 0.1) is 5.41 Å². The van der Waals surface area contributed by atoms with E-state index in [1.807, 2.05) is 0 Å². The molecular formula is C13H14F3NO2. The summed E-state index contributed by atoms with van der Waals surface area (Å²) in [5.74, 6) is -0.585. The van der Waals surface area contributed by atoms with Crippen LogP contribution < -0.4 is 10.5 Å². The molecule has 0 amide bonds. The molecule has 0 radical (unpaired) electrons. The van der Waals surface area contributed by atoms with Crippen molar-refractivity contribution >= 4 is 5.78 Å². The Balaban J connectivity index is 2.21. The molecule has 1 aliphatic rings. The lowest BCUT2D eigenvalue weighted by atomic mass is 9.64. The van der Waals surface area contributed by atoms with Crippen LogP contribution >= 0.6 is 0 Å². The fourth-order valence-corrected chi connectivity index (χ4v) is 2.27. The highest BCUT2D eigenvalue weighted by Crippen LogP contribution is 2.43. The number of hydrogen-bond acceptors (Lipinski definition) is 3. The van der Waals surface area contributed by atoms with Crippen LogP contribution in [0.3, 0.4) is 0 Å². The van der Waals surface area contributed by atoms with Crippen molar-refractivity contribution in [2.24, 2.45) is 11.1 Å². The second-order valence-corrected chi connectivity index (χ2v) is 4.74. The summed E-state index contributed by atoms with van der Waals surface area (Å²) in [6.07, 6.45) is -2.47. The maximum Gasteiger partial charge on any atom is 0.573 e. The molecular weight excluding hydrogens is 259 g/mol. The van der Waals surface area contributed by atoms with Crippen LogP contribution in [-0.4, -0.2) is 18.7 Å². The van der Waals surface area contributed by atoms with Crippen molar-refractivity contribution < 1.29 is 22.7 Å². The van der Waals surface area contributed by atoms with Crippen LogP contribution in [0.5, 0.6) is 5.75 Å². The highest BCUT2D eigenvalue weighted by atomic mass is 19.4. The summed E-state index contributed by atoms with van der Waals surface area (Å²) in [5, 5.41) is 0. The van der Waals surface area contributed by atoms with Gasteiger partial charge in [0.25, 0.3) is 0 Å². The number of Topliss-reactive ketones (excluding diaryl/α,β-unsaturated/α-hetero) is 1. The molecule has 0 saturated heterocycles. The zero-order chi connectivity index (χ0) is 14.1. The van der Waals surface area contributed by atoms with Gasteiger partial charge in [-0.2, -0.15) is 0 Å². The number of nitrogens with two attached hydrogens (primary N) is 1. The zero-order valence-corrected chi connectivity index (χ0v) is 10.2. The first-order valence-electron chi connectivity index (χ1n) is 5.97. The van der Waals surface area contributed by atoms with Gasteiger partial charge in [-0.1, -0.05) is 18.6 Å². The minimum Gasteiger partial charge on any atom is -0.406 e. The first-order valence-corrected chi connectivity index (χ1v) is 5.97. The SMILES string of the molecule is NCC1(C(=O)c2cccc(OC(F)(F)F)c2)CCC1. The monoisotopic (exact) mass is 273 g/mol. The van der Waals surface area contributed by atoms with Crippen LogP contribution in [0.4, 0.5) is 13.2 Å². The van der Waals surface area contributed by atoms with Gasteiger partial charge >= 0.3 is 6.36 Å². The van der Waals surface area contributed by atoms with Gasteiger partial charge in [-0.25, -0.2) is 0 Å². The Morgan fingerprint density at radius 3 is 2.53 bits per heavy atom. The van der Waals surface area contributed by atoms with E-state index < -0.39 is 11.8 Å². The van der Waals surface area contributed by atoms with E-state index in [9.17, 15) is 18.0 Å². The Morgan fingerprint density at radius 2 is 2.05 bits per heavy atom. The first-order chi connectivity index (χ1) is 8.86. The molecule has 1 aromatic carbocycles. The van der Waals surface area contributed by atoms with E-state index in [0.717, 1.165) is 12.5 Å². The number of halogens is 3. The highest BCUT2D eigenvalue weighted by Gasteiger charge is 2.43. The molecule has 2 rings (SSSR count). The van der Waals surface area contributed by atoms with Gasteiger partial charge in [0.15, 0.2) is 5.78 Å². The number of rotatable bonds is 4. The summed E-state index contributed by atoms with van der Waals surface area (Å²) in [5.41, 5.74) is 5.23. The third-order valence-corrected chi connectivity index (χ3v) is 3.51. The molecule has 1 saturated carbocycles. The van der Waals surface area contributed by atoms with Gasteiger partial charge in [-0.3, -0.25) is 4.79 Å². The molecule has 3 nitrogen and oxygen atoms in total. The van der Waals surface area contributed by atoms with Crippen molar-refractivity contribution in [1.29, 1.82) is 0 Å². The Bertz CT molecular complexity index is 476. The molecule has 0 spiro atoms. The number of ketones is 1. The van der Waals surface area contributed by atoms with Gasteiger partial charge in [0.2, 0.25) is 0 Å². The van der Waals surface area contributed by atoms with Gasteiger partial charge in [0.05, 0.1) is 0 Å². The zero-order valence-electron chi connectivity index (χ0n) is 10.2. The van der Waals surface area contributed by atoms with Crippen molar-refractivity contribution in [2.75, 3.05) is 6.54 Å². The molecule has 0 heterocycles. The van der Waals surface area contributed by atoms with Gasteiger partial charge < -0.3 is 10.5 Å². The predicted octanol–water partition coefficient (Wildman–Crippen LogP) is 2.90. The molecule has 2 N–H and O–H groups in total. The van der Waals surface area contributed by atoms with Crippen LogP contribution in [0.1, 0.15) is 29.6 Å². The molecule has 0 aliphatic heterocycles. The molecule has 1 fully saturated rings. The van der Waals surface area contributed by atoms with E-state index in [1.54, 1.807) is 0 Å². The van der Waals surface area contributed by atoms with Gasteiger partial charge in [0.1, 0.15) is 5.75 Å². The van der Waals surface area contributed by atoms with Crippen LogP contribution in [0.2, 0.25) is 0 Å². The summed E-state index contributed by atoms with van der Waals surface area (Å²) < 4.78 is 40.2. The summed E-state index contributed by atoms with van der Waals surface area (Å²) in [6, 6.07) is 5.14. The molecule has 104 valence electrons. The van der Waals surface area contributed by atoms with Crippen LogP contribution in [-0.2, 0) is 0 Å². The average molecular weight is 273 g/mol. The fraction of sp³-hybridized carbons (Fsp3) is 0.462. The summed E-state index contributed by atoms with van der Waals surface area (Å²) in [4.78, 5) is 12.3. The lowest BCUT2D eigenvalue weighted by Crippen LogP contribution is -2.44. The lowest BCUT2D eigenvalue weighted by Gasteiger charge is -2.39. The van der Waals surface area contributed by atoms with Crippen LogP contribution in [0.15, 0.2) is 24.3 Å². The smallest absolute Gasteiger partial charge is 0.406 e. The standard InChI is InChI=1S/C13H14F3NO2/c14-13(15,16)19-10-4-1-3-9(7-10)11(18)12(8-17)5-2-6-12/h1,3-4,7H,2,5-6,8,17H2. The Hall–Kier alpha value is -1.56. The van der Waals surface area contributed by atoms with Crippen molar-refractivity contribution in [3.8, 4) is 5.75 Å². The molecule has 1 aliphatic carbocycles. The van der Waals surface area contributed by atoms with Gasteiger partial charge in [0, 0.05) is 17.5 Å². The number of benzene rings is 1. The van der Waals surface area contributed by atoms with Crippen molar-refractivity contribution in [3.63, 3.8) is 0 Å². The normalized spacial score (nSPS) is 17.7. The fourth-order valence-electron chi connectivity index (χ4n) is 2.27. The number of carbonyl (C=O) groups is 1. The number of alkyl halides is 3. The lowest BCUT2D eigenvalue weighted by molar-refractivity contribution is -0.274. The molecule has 0 unspecified atom stereocenters. The first kappa shape index (κ1) is 13.9. The van der Waals surface area contributed by atoms with Crippen molar-refractivity contribution in [3.05, 3.63) is 29.8 Å². The number of hydrogen-bond donors (Lipinski definition) is 1. The largest absolute Gasteiger partial charge is 0.573 e. The van der Waals surface area contributed by atoms with E-state index in [4.69, 9.17) is 5.73 Å². The molecule has 19 heavy (non-hydrogen) atoms. The maximum absolute atomic E-state index is 12.3. The summed E-state index contributed by atoms with van der Waals surface area (Å²) in [7, 11) is 0. The van der Waals surface area contributed by atoms with E-state index >= 15 is 0 Å². The highest BCUT2D eigenvalue weighted by molar-refractivity contribution is 6.01. The summed E-state index contributed by atoms with van der Waals surface area (Å²) in [6.45, 7) is 0.218. The molecule has 0 aromatic heterocycles. The topological polar surface area (TPSA) is 52.3 Å². The minimum atomic E-state index is -4.76. The van der Waals surface area contributed by atoms with E-state index in [-0.39, 0.29) is 23.6 Å². The quantitative estimate of drug-likeness (QED) is 0.858. The van der Waals surface area contributed by atoms with Gasteiger partial charge in [-0.15, -0.1) is 13.2 Å². The number of carbonyl (C=O) groups excluding carboxylic acids is 1. The minimum absolute atomic E-state index is 0.200. The number of ether oxygens (including phenoxy) is 1. The Kier molecular flexibility index (Phi) is 3.54. The molecule has 1 aromatic rings. The van der Waals surface area contributed by atoms with E-state index in [2.05, 4.69) is 4.74 Å². The van der Waals surface area contributed by atoms with Crippen molar-refractivity contribution in [1.82, 2.24) is 0 Å². The predicted molar refractivity (Wildman–Crippen MR) is 62.8 cm³/mol. The third-order valence-electron chi connectivity index (χ3n) is 3.51. The molecule has 6 heteroatoms. The maximum atomic E-state index is 12.3. The Labute approximate surface area is 108 Å². The van der Waals surface area contributed by atoms with Crippen LogP contribution in [0.25, 0.3) is 0 Å². The van der Waals surface area contributed by atoms with E-state index in [0.29, 0.717) is 12.8 Å².